The van der Waals surface area contributed by atoms with Crippen LogP contribution in [0.5, 0.6) is 0 Å². The second-order valence-electron chi connectivity index (χ2n) is 5.38. The largest absolute Gasteiger partial charge is 0.472 e. The first kappa shape index (κ1) is 14.6. The molecule has 0 N–H and O–H groups in total. The van der Waals surface area contributed by atoms with E-state index >= 15 is 0 Å². The Hall–Kier alpha value is -2.31. The number of amides is 1. The summed E-state index contributed by atoms with van der Waals surface area (Å²) < 4.78 is 10.2. The lowest BCUT2D eigenvalue weighted by molar-refractivity contribution is 0.0766. The number of anilines is 1. The fourth-order valence-corrected chi connectivity index (χ4v) is 2.58. The third-order valence-electron chi connectivity index (χ3n) is 3.76. The van der Waals surface area contributed by atoms with E-state index in [0.717, 1.165) is 32.4 Å². The number of carbonyl (C=O) groups excluding carboxylic acids is 1. The highest BCUT2D eigenvalue weighted by Gasteiger charge is 2.23. The summed E-state index contributed by atoms with van der Waals surface area (Å²) in [6, 6.07) is 1.70. The molecule has 118 valence electrons. The van der Waals surface area contributed by atoms with Crippen molar-refractivity contribution < 1.29 is 13.7 Å². The Morgan fingerprint density at radius 1 is 1.32 bits per heavy atom. The van der Waals surface area contributed by atoms with E-state index in [9.17, 15) is 4.79 Å². The number of furan rings is 1. The zero-order valence-electron chi connectivity index (χ0n) is 12.7. The zero-order valence-corrected chi connectivity index (χ0v) is 12.7. The maximum Gasteiger partial charge on any atom is 0.266 e. The van der Waals surface area contributed by atoms with Crippen LogP contribution < -0.4 is 4.90 Å². The Labute approximate surface area is 128 Å². The summed E-state index contributed by atoms with van der Waals surface area (Å²) in [4.78, 5) is 20.7. The molecule has 0 unspecified atom stereocenters. The molecule has 7 heteroatoms. The average Bonchev–Trinajstić information content (AvgIpc) is 3.15. The Morgan fingerprint density at radius 2 is 2.23 bits per heavy atom. The van der Waals surface area contributed by atoms with Gasteiger partial charge < -0.3 is 18.7 Å². The van der Waals surface area contributed by atoms with Gasteiger partial charge in [-0.3, -0.25) is 4.79 Å². The van der Waals surface area contributed by atoms with Gasteiger partial charge in [-0.05, 0) is 24.1 Å². The molecule has 1 aliphatic rings. The van der Waals surface area contributed by atoms with Crippen molar-refractivity contribution in [3.8, 4) is 0 Å². The van der Waals surface area contributed by atoms with Gasteiger partial charge in [0.25, 0.3) is 11.9 Å². The van der Waals surface area contributed by atoms with Crippen LogP contribution in [0, 0.1) is 0 Å². The lowest BCUT2D eigenvalue weighted by Crippen LogP contribution is -2.35. The van der Waals surface area contributed by atoms with Crippen molar-refractivity contribution in [3.63, 3.8) is 0 Å². The van der Waals surface area contributed by atoms with Crippen LogP contribution in [0.1, 0.15) is 36.0 Å². The van der Waals surface area contributed by atoms with E-state index in [4.69, 9.17) is 8.94 Å². The predicted molar refractivity (Wildman–Crippen MR) is 79.7 cm³/mol. The van der Waals surface area contributed by atoms with Crippen molar-refractivity contribution in [1.29, 1.82) is 0 Å². The summed E-state index contributed by atoms with van der Waals surface area (Å²) in [5.74, 6) is 1.31. The van der Waals surface area contributed by atoms with Crippen molar-refractivity contribution >= 4 is 11.9 Å². The molecule has 0 aromatic carbocycles. The smallest absolute Gasteiger partial charge is 0.266 e. The second kappa shape index (κ2) is 6.64. The molecule has 0 saturated carbocycles. The average molecular weight is 304 g/mol. The van der Waals surface area contributed by atoms with Gasteiger partial charge in [-0.15, -0.1) is 0 Å². The highest BCUT2D eigenvalue weighted by molar-refractivity contribution is 5.93. The summed E-state index contributed by atoms with van der Waals surface area (Å²) in [7, 11) is 0. The first-order chi connectivity index (χ1) is 10.8. The van der Waals surface area contributed by atoms with Crippen LogP contribution in [0.3, 0.4) is 0 Å². The molecular weight excluding hydrogens is 284 g/mol. The van der Waals surface area contributed by atoms with Crippen molar-refractivity contribution in [2.75, 3.05) is 31.1 Å². The first-order valence-electron chi connectivity index (χ1n) is 7.67. The van der Waals surface area contributed by atoms with Gasteiger partial charge in [0, 0.05) is 32.6 Å². The molecule has 1 amide bonds. The van der Waals surface area contributed by atoms with Crippen molar-refractivity contribution in [1.82, 2.24) is 15.0 Å². The van der Waals surface area contributed by atoms with Crippen LogP contribution in [-0.4, -0.2) is 47.1 Å². The van der Waals surface area contributed by atoms with Crippen LogP contribution in [-0.2, 0) is 6.42 Å². The minimum absolute atomic E-state index is 0.00961. The first-order valence-corrected chi connectivity index (χ1v) is 7.67. The fraction of sp³-hybridized carbons (Fsp3) is 0.533. The van der Waals surface area contributed by atoms with Crippen LogP contribution in [0.15, 0.2) is 27.5 Å². The third-order valence-corrected chi connectivity index (χ3v) is 3.76. The molecule has 2 aromatic rings. The number of rotatable bonds is 4. The topological polar surface area (TPSA) is 75.6 Å². The van der Waals surface area contributed by atoms with Gasteiger partial charge in [-0.2, -0.15) is 4.98 Å². The summed E-state index contributed by atoms with van der Waals surface area (Å²) >= 11 is 0. The molecule has 22 heavy (non-hydrogen) atoms. The molecule has 2 aromatic heterocycles. The Kier molecular flexibility index (Phi) is 4.41. The molecule has 0 atom stereocenters. The minimum Gasteiger partial charge on any atom is -0.472 e. The second-order valence-corrected chi connectivity index (χ2v) is 5.38. The monoisotopic (exact) mass is 304 g/mol. The van der Waals surface area contributed by atoms with Crippen LogP contribution >= 0.6 is 0 Å². The highest BCUT2D eigenvalue weighted by Crippen LogP contribution is 2.15. The predicted octanol–water partition coefficient (Wildman–Crippen LogP) is 1.97. The lowest BCUT2D eigenvalue weighted by Gasteiger charge is -2.20. The fourth-order valence-electron chi connectivity index (χ4n) is 2.58. The molecule has 3 rings (SSSR count). The van der Waals surface area contributed by atoms with E-state index in [1.54, 1.807) is 6.07 Å². The van der Waals surface area contributed by atoms with Crippen molar-refractivity contribution in [3.05, 3.63) is 30.0 Å². The van der Waals surface area contributed by atoms with E-state index in [1.807, 2.05) is 4.90 Å². The maximum atomic E-state index is 12.3. The van der Waals surface area contributed by atoms with Crippen molar-refractivity contribution in [2.24, 2.45) is 0 Å². The minimum atomic E-state index is 0.00961. The molecule has 1 aliphatic heterocycles. The summed E-state index contributed by atoms with van der Waals surface area (Å²) in [6.45, 7) is 4.96. The number of hydrogen-bond donors (Lipinski definition) is 0. The Bertz CT molecular complexity index is 608. The van der Waals surface area contributed by atoms with Crippen molar-refractivity contribution in [2.45, 2.75) is 26.2 Å². The van der Waals surface area contributed by atoms with E-state index < -0.39 is 0 Å². The number of aromatic nitrogens is 2. The van der Waals surface area contributed by atoms with E-state index in [-0.39, 0.29) is 5.91 Å². The number of hydrogen-bond acceptors (Lipinski definition) is 6. The van der Waals surface area contributed by atoms with E-state index in [1.165, 1.54) is 12.5 Å². The quantitative estimate of drug-likeness (QED) is 0.859. The van der Waals surface area contributed by atoms with Gasteiger partial charge in [-0.1, -0.05) is 6.92 Å². The zero-order chi connectivity index (χ0) is 15.4. The molecule has 0 bridgehead atoms. The number of aryl methyl sites for hydroxylation is 1. The summed E-state index contributed by atoms with van der Waals surface area (Å²) in [6.07, 6.45) is 5.66. The van der Waals surface area contributed by atoms with Crippen LogP contribution in [0.4, 0.5) is 5.95 Å². The molecular formula is C15H20N4O3. The van der Waals surface area contributed by atoms with Crippen LogP contribution in [0.2, 0.25) is 0 Å². The van der Waals surface area contributed by atoms with Gasteiger partial charge in [0.05, 0.1) is 11.8 Å². The maximum absolute atomic E-state index is 12.3. The Morgan fingerprint density at radius 3 is 3.00 bits per heavy atom. The van der Waals surface area contributed by atoms with Gasteiger partial charge >= 0.3 is 0 Å². The number of carbonyl (C=O) groups is 1. The van der Waals surface area contributed by atoms with Gasteiger partial charge in [0.2, 0.25) is 5.89 Å². The van der Waals surface area contributed by atoms with E-state index in [0.29, 0.717) is 30.5 Å². The van der Waals surface area contributed by atoms with E-state index in [2.05, 4.69) is 22.0 Å². The molecule has 1 saturated heterocycles. The molecule has 0 radical (unpaired) electrons. The van der Waals surface area contributed by atoms with Crippen LogP contribution in [0.25, 0.3) is 0 Å². The standard InChI is InChI=1S/C15H20N4O3/c1-2-4-13-16-15(17-22-13)19-7-3-6-18(8-9-19)14(20)12-5-10-21-11-12/h5,10-11H,2-4,6-9H2,1H3. The lowest BCUT2D eigenvalue weighted by atomic mass is 10.3. The summed E-state index contributed by atoms with van der Waals surface area (Å²) in [5.41, 5.74) is 0.596. The third kappa shape index (κ3) is 3.13. The molecule has 3 heterocycles. The highest BCUT2D eigenvalue weighted by atomic mass is 16.5. The normalized spacial score (nSPS) is 15.9. The molecule has 0 aliphatic carbocycles. The number of nitrogens with zero attached hydrogens (tertiary/aromatic N) is 4. The Balaban J connectivity index is 1.63. The molecule has 7 nitrogen and oxygen atoms in total. The SMILES string of the molecule is CCCc1nc(N2CCCN(C(=O)c3ccoc3)CC2)no1. The molecule has 0 spiro atoms. The molecule has 1 fully saturated rings. The van der Waals surface area contributed by atoms with Gasteiger partial charge in [-0.25, -0.2) is 0 Å². The van der Waals surface area contributed by atoms with Gasteiger partial charge in [0.15, 0.2) is 0 Å². The summed E-state index contributed by atoms with van der Waals surface area (Å²) in [5, 5.41) is 4.04. The van der Waals surface area contributed by atoms with Gasteiger partial charge in [0.1, 0.15) is 6.26 Å².